The van der Waals surface area contributed by atoms with Gasteiger partial charge in [-0.1, -0.05) is 6.92 Å². The van der Waals surface area contributed by atoms with E-state index in [0.29, 0.717) is 0 Å². The number of aromatic nitrogens is 2. The van der Waals surface area contributed by atoms with Crippen LogP contribution in [-0.4, -0.2) is 46.6 Å². The molecule has 0 spiro atoms. The standard InChI is InChI=1S/C13H24N4/c1-4-11-10-15-12(16-11)9-13(2,3)17-7-5-14-6-8-17/h10,14H,4-9H2,1-3H3,(H,15,16). The molecule has 0 unspecified atom stereocenters. The molecule has 1 aliphatic rings. The van der Waals surface area contributed by atoms with Crippen molar-refractivity contribution in [3.05, 3.63) is 17.7 Å². The molecule has 1 aliphatic heterocycles. The van der Waals surface area contributed by atoms with Gasteiger partial charge in [-0.05, 0) is 20.3 Å². The number of rotatable bonds is 4. The van der Waals surface area contributed by atoms with E-state index in [4.69, 9.17) is 0 Å². The molecule has 2 N–H and O–H groups in total. The van der Waals surface area contributed by atoms with Crippen LogP contribution in [0.15, 0.2) is 6.20 Å². The highest BCUT2D eigenvalue weighted by Crippen LogP contribution is 2.19. The fourth-order valence-corrected chi connectivity index (χ4v) is 2.47. The Kier molecular flexibility index (Phi) is 3.84. The molecule has 2 rings (SSSR count). The van der Waals surface area contributed by atoms with Crippen molar-refractivity contribution in [2.75, 3.05) is 26.2 Å². The van der Waals surface area contributed by atoms with Crippen LogP contribution >= 0.6 is 0 Å². The minimum atomic E-state index is 0.185. The summed E-state index contributed by atoms with van der Waals surface area (Å²) >= 11 is 0. The maximum absolute atomic E-state index is 4.47. The second-order valence-electron chi connectivity index (χ2n) is 5.43. The molecule has 0 amide bonds. The summed E-state index contributed by atoms with van der Waals surface area (Å²) in [4.78, 5) is 10.4. The molecule has 4 nitrogen and oxygen atoms in total. The molecule has 0 aliphatic carbocycles. The van der Waals surface area contributed by atoms with Crippen molar-refractivity contribution in [3.63, 3.8) is 0 Å². The predicted octanol–water partition coefficient (Wildman–Crippen LogP) is 1.20. The number of aromatic amines is 1. The summed E-state index contributed by atoms with van der Waals surface area (Å²) in [6.45, 7) is 11.2. The summed E-state index contributed by atoms with van der Waals surface area (Å²) in [6.07, 6.45) is 3.98. The van der Waals surface area contributed by atoms with Gasteiger partial charge in [0.25, 0.3) is 0 Å². The first-order chi connectivity index (χ1) is 8.12. The van der Waals surface area contributed by atoms with Gasteiger partial charge in [-0.15, -0.1) is 0 Å². The Morgan fingerprint density at radius 1 is 1.35 bits per heavy atom. The van der Waals surface area contributed by atoms with Crippen molar-refractivity contribution in [2.45, 2.75) is 39.2 Å². The van der Waals surface area contributed by atoms with Crippen molar-refractivity contribution in [1.82, 2.24) is 20.2 Å². The second-order valence-corrected chi connectivity index (χ2v) is 5.43. The molecule has 0 atom stereocenters. The molecule has 96 valence electrons. The quantitative estimate of drug-likeness (QED) is 0.825. The van der Waals surface area contributed by atoms with Gasteiger partial charge in [0.1, 0.15) is 5.82 Å². The largest absolute Gasteiger partial charge is 0.346 e. The van der Waals surface area contributed by atoms with Gasteiger partial charge in [-0.3, -0.25) is 4.90 Å². The van der Waals surface area contributed by atoms with Crippen LogP contribution in [0.2, 0.25) is 0 Å². The number of hydrogen-bond donors (Lipinski definition) is 2. The zero-order valence-corrected chi connectivity index (χ0v) is 11.2. The lowest BCUT2D eigenvalue weighted by Crippen LogP contribution is -2.54. The van der Waals surface area contributed by atoms with E-state index < -0.39 is 0 Å². The first-order valence-electron chi connectivity index (χ1n) is 6.60. The molecule has 1 aromatic heterocycles. The average Bonchev–Trinajstić information content (AvgIpc) is 2.77. The first-order valence-corrected chi connectivity index (χ1v) is 6.60. The lowest BCUT2D eigenvalue weighted by Gasteiger charge is -2.40. The Morgan fingerprint density at radius 3 is 2.65 bits per heavy atom. The summed E-state index contributed by atoms with van der Waals surface area (Å²) in [7, 11) is 0. The zero-order valence-electron chi connectivity index (χ0n) is 11.2. The molecule has 2 heterocycles. The molecule has 0 aromatic carbocycles. The fraction of sp³-hybridized carbons (Fsp3) is 0.769. The third kappa shape index (κ3) is 3.07. The average molecular weight is 236 g/mol. The van der Waals surface area contributed by atoms with Crippen LogP contribution in [0.4, 0.5) is 0 Å². The summed E-state index contributed by atoms with van der Waals surface area (Å²) in [6, 6.07) is 0. The van der Waals surface area contributed by atoms with Gasteiger partial charge in [-0.25, -0.2) is 4.98 Å². The van der Waals surface area contributed by atoms with E-state index in [9.17, 15) is 0 Å². The summed E-state index contributed by atoms with van der Waals surface area (Å²) in [5.74, 6) is 1.12. The van der Waals surface area contributed by atoms with Crippen molar-refractivity contribution in [2.24, 2.45) is 0 Å². The fourth-order valence-electron chi connectivity index (χ4n) is 2.47. The number of nitrogens with one attached hydrogen (secondary N) is 2. The van der Waals surface area contributed by atoms with Crippen LogP contribution in [0.3, 0.4) is 0 Å². The highest BCUT2D eigenvalue weighted by atomic mass is 15.2. The van der Waals surface area contributed by atoms with Gasteiger partial charge in [0.2, 0.25) is 0 Å². The summed E-state index contributed by atoms with van der Waals surface area (Å²) in [5, 5.41) is 3.40. The third-order valence-electron chi connectivity index (χ3n) is 3.64. The van der Waals surface area contributed by atoms with Crippen LogP contribution in [-0.2, 0) is 12.8 Å². The van der Waals surface area contributed by atoms with Crippen molar-refractivity contribution < 1.29 is 0 Å². The highest BCUT2D eigenvalue weighted by molar-refractivity contribution is 5.04. The van der Waals surface area contributed by atoms with Crippen LogP contribution in [0, 0.1) is 0 Å². The van der Waals surface area contributed by atoms with E-state index in [0.717, 1.165) is 44.8 Å². The Bertz CT molecular complexity index is 350. The molecule has 1 aromatic rings. The van der Waals surface area contributed by atoms with Gasteiger partial charge < -0.3 is 10.3 Å². The van der Waals surface area contributed by atoms with Crippen molar-refractivity contribution >= 4 is 0 Å². The van der Waals surface area contributed by atoms with Crippen LogP contribution in [0.1, 0.15) is 32.3 Å². The van der Waals surface area contributed by atoms with Gasteiger partial charge >= 0.3 is 0 Å². The van der Waals surface area contributed by atoms with E-state index >= 15 is 0 Å². The number of nitrogens with zero attached hydrogens (tertiary/aromatic N) is 2. The molecule has 1 saturated heterocycles. The Hall–Kier alpha value is -0.870. The van der Waals surface area contributed by atoms with Gasteiger partial charge in [0.05, 0.1) is 0 Å². The number of piperazine rings is 1. The van der Waals surface area contributed by atoms with Gasteiger partial charge in [-0.2, -0.15) is 0 Å². The second kappa shape index (κ2) is 5.19. The minimum Gasteiger partial charge on any atom is -0.346 e. The summed E-state index contributed by atoms with van der Waals surface area (Å²) < 4.78 is 0. The SMILES string of the molecule is CCc1cnc(CC(C)(C)N2CCNCC2)[nH]1. The molecular weight excluding hydrogens is 212 g/mol. The maximum atomic E-state index is 4.47. The van der Waals surface area contributed by atoms with E-state index in [2.05, 4.69) is 41.0 Å². The Balaban J connectivity index is 1.99. The number of aryl methyl sites for hydroxylation is 1. The van der Waals surface area contributed by atoms with Gasteiger partial charge in [0.15, 0.2) is 0 Å². The molecule has 0 bridgehead atoms. The van der Waals surface area contributed by atoms with Crippen LogP contribution < -0.4 is 5.32 Å². The van der Waals surface area contributed by atoms with Crippen molar-refractivity contribution in [3.8, 4) is 0 Å². The highest BCUT2D eigenvalue weighted by Gasteiger charge is 2.28. The Labute approximate surface area is 104 Å². The first kappa shape index (κ1) is 12.6. The predicted molar refractivity (Wildman–Crippen MR) is 70.2 cm³/mol. The number of imidazole rings is 1. The molecule has 4 heteroatoms. The molecular formula is C13H24N4. The van der Waals surface area contributed by atoms with Crippen LogP contribution in [0.5, 0.6) is 0 Å². The van der Waals surface area contributed by atoms with Gasteiger partial charge in [0, 0.05) is 50.0 Å². The molecule has 1 fully saturated rings. The molecule has 17 heavy (non-hydrogen) atoms. The number of H-pyrrole nitrogens is 1. The lowest BCUT2D eigenvalue weighted by molar-refractivity contribution is 0.102. The normalized spacial score (nSPS) is 18.5. The molecule has 0 saturated carbocycles. The monoisotopic (exact) mass is 236 g/mol. The van der Waals surface area contributed by atoms with E-state index in [1.807, 2.05) is 6.20 Å². The summed E-state index contributed by atoms with van der Waals surface area (Å²) in [5.41, 5.74) is 1.42. The minimum absolute atomic E-state index is 0.185. The van der Waals surface area contributed by atoms with E-state index in [-0.39, 0.29) is 5.54 Å². The van der Waals surface area contributed by atoms with E-state index in [1.165, 1.54) is 5.69 Å². The van der Waals surface area contributed by atoms with Crippen LogP contribution in [0.25, 0.3) is 0 Å². The van der Waals surface area contributed by atoms with Crippen molar-refractivity contribution in [1.29, 1.82) is 0 Å². The molecule has 0 radical (unpaired) electrons. The number of hydrogen-bond acceptors (Lipinski definition) is 3. The topological polar surface area (TPSA) is 44.0 Å². The van der Waals surface area contributed by atoms with E-state index in [1.54, 1.807) is 0 Å². The maximum Gasteiger partial charge on any atom is 0.108 e. The third-order valence-corrected chi connectivity index (χ3v) is 3.64. The zero-order chi connectivity index (χ0) is 12.3. The lowest BCUT2D eigenvalue weighted by atomic mass is 9.97. The Morgan fingerprint density at radius 2 is 2.06 bits per heavy atom. The smallest absolute Gasteiger partial charge is 0.108 e.